The van der Waals surface area contributed by atoms with Crippen LogP contribution < -0.4 is 5.32 Å². The highest BCUT2D eigenvalue weighted by atomic mass is 32.1. The highest BCUT2D eigenvalue weighted by molar-refractivity contribution is 7.13. The normalized spacial score (nSPS) is 10.6. The van der Waals surface area contributed by atoms with E-state index in [1.165, 1.54) is 4.88 Å². The Hall–Kier alpha value is -2.14. The Morgan fingerprint density at radius 1 is 1.26 bits per heavy atom. The topological polar surface area (TPSA) is 42.7 Å². The largest absolute Gasteiger partial charge is 0.373 e. The van der Waals surface area contributed by atoms with Crippen molar-refractivity contribution in [3.63, 3.8) is 0 Å². The fraction of sp³-hybridized carbons (Fsp3) is 0.143. The number of rotatable bonds is 4. The van der Waals surface area contributed by atoms with Crippen LogP contribution in [0.25, 0.3) is 10.7 Å². The number of hydrogen-bond donors (Lipinski definition) is 1. The van der Waals surface area contributed by atoms with Crippen molar-refractivity contribution in [3.05, 3.63) is 53.8 Å². The molecule has 3 heterocycles. The molecule has 3 aromatic rings. The monoisotopic (exact) mass is 270 g/mol. The Balaban J connectivity index is 1.85. The molecule has 0 amide bonds. The molecule has 1 N–H and O–H groups in total. The SMILES string of the molecule is CNc1ccc(Cn2ccnc2-c2cccs2)cn1. The van der Waals surface area contributed by atoms with Crippen LogP contribution in [-0.2, 0) is 6.54 Å². The molecule has 0 bridgehead atoms. The fourth-order valence-corrected chi connectivity index (χ4v) is 2.67. The van der Waals surface area contributed by atoms with Crippen LogP contribution in [0.15, 0.2) is 48.2 Å². The highest BCUT2D eigenvalue weighted by Gasteiger charge is 2.07. The zero-order valence-corrected chi connectivity index (χ0v) is 11.4. The Morgan fingerprint density at radius 2 is 2.21 bits per heavy atom. The molecule has 0 radical (unpaired) electrons. The fourth-order valence-electron chi connectivity index (χ4n) is 1.93. The number of imidazole rings is 1. The molecule has 19 heavy (non-hydrogen) atoms. The van der Waals surface area contributed by atoms with Crippen LogP contribution in [0, 0.1) is 0 Å². The first kappa shape index (κ1) is 11.9. The number of nitrogens with one attached hydrogen (secondary N) is 1. The van der Waals surface area contributed by atoms with Gasteiger partial charge in [-0.3, -0.25) is 0 Å². The smallest absolute Gasteiger partial charge is 0.150 e. The van der Waals surface area contributed by atoms with E-state index in [-0.39, 0.29) is 0 Å². The van der Waals surface area contributed by atoms with E-state index in [0.29, 0.717) is 0 Å². The molecular weight excluding hydrogens is 256 g/mol. The summed E-state index contributed by atoms with van der Waals surface area (Å²) < 4.78 is 2.14. The van der Waals surface area contributed by atoms with Crippen molar-refractivity contribution in [1.29, 1.82) is 0 Å². The summed E-state index contributed by atoms with van der Waals surface area (Å²) in [4.78, 5) is 9.94. The summed E-state index contributed by atoms with van der Waals surface area (Å²) in [6.07, 6.45) is 5.73. The Morgan fingerprint density at radius 3 is 2.89 bits per heavy atom. The van der Waals surface area contributed by atoms with Crippen LogP contribution in [0.2, 0.25) is 0 Å². The molecule has 0 saturated heterocycles. The van der Waals surface area contributed by atoms with Crippen molar-refractivity contribution in [2.24, 2.45) is 0 Å². The summed E-state index contributed by atoms with van der Waals surface area (Å²) in [6.45, 7) is 0.782. The van der Waals surface area contributed by atoms with Crippen molar-refractivity contribution in [2.75, 3.05) is 12.4 Å². The molecule has 0 aromatic carbocycles. The average molecular weight is 270 g/mol. The lowest BCUT2D eigenvalue weighted by molar-refractivity contribution is 0.804. The number of anilines is 1. The van der Waals surface area contributed by atoms with Gasteiger partial charge in [-0.15, -0.1) is 11.3 Å². The van der Waals surface area contributed by atoms with Gasteiger partial charge in [0.25, 0.3) is 0 Å². The summed E-state index contributed by atoms with van der Waals surface area (Å²) in [7, 11) is 1.87. The number of pyridine rings is 1. The minimum Gasteiger partial charge on any atom is -0.373 e. The number of nitrogens with zero attached hydrogens (tertiary/aromatic N) is 3. The van der Waals surface area contributed by atoms with E-state index in [1.54, 1.807) is 11.3 Å². The molecule has 0 aliphatic carbocycles. The average Bonchev–Trinajstić information content (AvgIpc) is 3.10. The molecular formula is C14H14N4S. The van der Waals surface area contributed by atoms with E-state index < -0.39 is 0 Å². The third-order valence-corrected chi connectivity index (χ3v) is 3.76. The first-order valence-corrected chi connectivity index (χ1v) is 6.92. The molecule has 0 aliphatic heterocycles. The van der Waals surface area contributed by atoms with Crippen molar-refractivity contribution in [2.45, 2.75) is 6.54 Å². The molecule has 96 valence electrons. The van der Waals surface area contributed by atoms with E-state index >= 15 is 0 Å². The Kier molecular flexibility index (Phi) is 3.29. The van der Waals surface area contributed by atoms with Gasteiger partial charge in [0, 0.05) is 25.6 Å². The second-order valence-corrected chi connectivity index (χ2v) is 5.11. The van der Waals surface area contributed by atoms with Gasteiger partial charge in [-0.2, -0.15) is 0 Å². The lowest BCUT2D eigenvalue weighted by Crippen LogP contribution is -2.01. The van der Waals surface area contributed by atoms with Crippen molar-refractivity contribution >= 4 is 17.2 Å². The molecule has 0 saturated carbocycles. The quantitative estimate of drug-likeness (QED) is 0.792. The molecule has 3 aromatic heterocycles. The zero-order chi connectivity index (χ0) is 13.1. The molecule has 0 spiro atoms. The Labute approximate surface area is 115 Å². The van der Waals surface area contributed by atoms with Gasteiger partial charge in [0.2, 0.25) is 0 Å². The van der Waals surface area contributed by atoms with Gasteiger partial charge in [-0.25, -0.2) is 9.97 Å². The van der Waals surface area contributed by atoms with Crippen molar-refractivity contribution in [3.8, 4) is 10.7 Å². The van der Waals surface area contributed by atoms with Crippen LogP contribution in [-0.4, -0.2) is 21.6 Å². The molecule has 0 atom stereocenters. The third kappa shape index (κ3) is 2.51. The predicted octanol–water partition coefficient (Wildman–Crippen LogP) is 3.10. The lowest BCUT2D eigenvalue weighted by Gasteiger charge is -2.07. The van der Waals surface area contributed by atoms with Gasteiger partial charge in [0.05, 0.1) is 11.4 Å². The van der Waals surface area contributed by atoms with Gasteiger partial charge in [0.15, 0.2) is 0 Å². The van der Waals surface area contributed by atoms with Crippen LogP contribution in [0.4, 0.5) is 5.82 Å². The third-order valence-electron chi connectivity index (χ3n) is 2.89. The van der Waals surface area contributed by atoms with E-state index in [1.807, 2.05) is 37.8 Å². The summed E-state index contributed by atoms with van der Waals surface area (Å²) in [5, 5.41) is 5.09. The molecule has 0 unspecified atom stereocenters. The first-order chi connectivity index (χ1) is 9.36. The van der Waals surface area contributed by atoms with Gasteiger partial charge in [-0.1, -0.05) is 12.1 Å². The summed E-state index contributed by atoms with van der Waals surface area (Å²) in [5.41, 5.74) is 1.16. The van der Waals surface area contributed by atoms with Crippen LogP contribution in [0.3, 0.4) is 0 Å². The zero-order valence-electron chi connectivity index (χ0n) is 10.6. The number of aromatic nitrogens is 3. The highest BCUT2D eigenvalue weighted by Crippen LogP contribution is 2.23. The second-order valence-electron chi connectivity index (χ2n) is 4.16. The first-order valence-electron chi connectivity index (χ1n) is 6.04. The summed E-state index contributed by atoms with van der Waals surface area (Å²) in [5.74, 6) is 1.89. The van der Waals surface area contributed by atoms with Gasteiger partial charge in [-0.05, 0) is 23.1 Å². The second kappa shape index (κ2) is 5.24. The van der Waals surface area contributed by atoms with Crippen LogP contribution in [0.1, 0.15) is 5.56 Å². The van der Waals surface area contributed by atoms with Gasteiger partial charge >= 0.3 is 0 Å². The predicted molar refractivity (Wildman–Crippen MR) is 78.4 cm³/mol. The van der Waals surface area contributed by atoms with Crippen LogP contribution in [0.5, 0.6) is 0 Å². The standard InChI is InChI=1S/C14H14N4S/c1-15-13-5-4-11(9-17-13)10-18-7-6-16-14(18)12-3-2-8-19-12/h2-9H,10H2,1H3,(H,15,17). The molecule has 5 heteroatoms. The summed E-state index contributed by atoms with van der Waals surface area (Å²) >= 11 is 1.70. The van der Waals surface area contributed by atoms with Crippen molar-refractivity contribution < 1.29 is 0 Å². The van der Waals surface area contributed by atoms with E-state index in [4.69, 9.17) is 0 Å². The molecule has 3 rings (SSSR count). The maximum absolute atomic E-state index is 4.43. The van der Waals surface area contributed by atoms with E-state index in [2.05, 4.69) is 37.4 Å². The minimum absolute atomic E-state index is 0.782. The maximum Gasteiger partial charge on any atom is 0.150 e. The van der Waals surface area contributed by atoms with E-state index in [0.717, 1.165) is 23.8 Å². The molecule has 0 fully saturated rings. The minimum atomic E-state index is 0.782. The van der Waals surface area contributed by atoms with E-state index in [9.17, 15) is 0 Å². The maximum atomic E-state index is 4.43. The summed E-state index contributed by atoms with van der Waals surface area (Å²) in [6, 6.07) is 8.20. The molecule has 4 nitrogen and oxygen atoms in total. The van der Waals surface area contributed by atoms with Crippen molar-refractivity contribution in [1.82, 2.24) is 14.5 Å². The van der Waals surface area contributed by atoms with Gasteiger partial charge in [0.1, 0.15) is 11.6 Å². The van der Waals surface area contributed by atoms with Crippen LogP contribution >= 0.6 is 11.3 Å². The number of hydrogen-bond acceptors (Lipinski definition) is 4. The van der Waals surface area contributed by atoms with Gasteiger partial charge < -0.3 is 9.88 Å². The number of thiophene rings is 1. The Bertz CT molecular complexity index is 640. The lowest BCUT2D eigenvalue weighted by atomic mass is 10.2. The molecule has 0 aliphatic rings.